The molecule has 1 aliphatic heterocycles. The van der Waals surface area contributed by atoms with E-state index in [0.717, 1.165) is 10.0 Å². The highest BCUT2D eigenvalue weighted by molar-refractivity contribution is 9.10. The van der Waals surface area contributed by atoms with Crippen molar-refractivity contribution >= 4 is 45.3 Å². The summed E-state index contributed by atoms with van der Waals surface area (Å²) in [6, 6.07) is 11.2. The first-order valence-corrected chi connectivity index (χ1v) is 8.88. The zero-order valence-electron chi connectivity index (χ0n) is 14.1. The topological polar surface area (TPSA) is 57.1 Å². The molecule has 0 saturated carbocycles. The normalized spacial score (nSPS) is 15.0. The number of benzene rings is 2. The molecule has 1 heterocycles. The van der Waals surface area contributed by atoms with Gasteiger partial charge in [-0.3, -0.25) is 0 Å². The maximum atomic E-state index is 11.7. The van der Waals surface area contributed by atoms with Crippen LogP contribution in [0.25, 0.3) is 6.08 Å². The minimum Gasteiger partial charge on any atom is -0.493 e. The number of ether oxygens (including phenoxy) is 2. The van der Waals surface area contributed by atoms with Crippen LogP contribution in [0, 0.1) is 0 Å². The summed E-state index contributed by atoms with van der Waals surface area (Å²) in [4.78, 5) is 16.3. The molecule has 0 atom stereocenters. The molecule has 0 amide bonds. The SMILES string of the molecule is COc1cc(/C=C2/C(=O)ON=C2C)cc(Cl)c1OCc1ccc(Br)cc1. The third-order valence-electron chi connectivity index (χ3n) is 3.73. The van der Waals surface area contributed by atoms with Crippen molar-refractivity contribution in [3.05, 3.63) is 62.6 Å². The molecule has 0 spiro atoms. The van der Waals surface area contributed by atoms with Crippen molar-refractivity contribution in [3.8, 4) is 11.5 Å². The highest BCUT2D eigenvalue weighted by atomic mass is 79.9. The van der Waals surface area contributed by atoms with Crippen LogP contribution in [0.3, 0.4) is 0 Å². The van der Waals surface area contributed by atoms with Crippen molar-refractivity contribution in [1.29, 1.82) is 0 Å². The molecule has 2 aromatic carbocycles. The minimum absolute atomic E-state index is 0.349. The number of methoxy groups -OCH3 is 1. The lowest BCUT2D eigenvalue weighted by atomic mass is 10.1. The van der Waals surface area contributed by atoms with E-state index in [1.54, 1.807) is 25.1 Å². The molecular formula is C19H15BrClNO4. The van der Waals surface area contributed by atoms with Crippen LogP contribution in [0.2, 0.25) is 5.02 Å². The Bertz CT molecular complexity index is 907. The van der Waals surface area contributed by atoms with Crippen LogP contribution in [0.5, 0.6) is 11.5 Å². The molecule has 0 bridgehead atoms. The second kappa shape index (κ2) is 7.93. The van der Waals surface area contributed by atoms with Crippen LogP contribution in [-0.4, -0.2) is 18.8 Å². The third kappa shape index (κ3) is 4.08. The Morgan fingerprint density at radius 2 is 2.00 bits per heavy atom. The summed E-state index contributed by atoms with van der Waals surface area (Å²) < 4.78 is 12.2. The Hall–Kier alpha value is -2.31. The molecule has 0 saturated heterocycles. The van der Waals surface area contributed by atoms with E-state index >= 15 is 0 Å². The molecule has 7 heteroatoms. The number of oxime groups is 1. The van der Waals surface area contributed by atoms with Gasteiger partial charge in [0.15, 0.2) is 11.5 Å². The highest BCUT2D eigenvalue weighted by Gasteiger charge is 2.22. The number of halogens is 2. The van der Waals surface area contributed by atoms with E-state index < -0.39 is 5.97 Å². The van der Waals surface area contributed by atoms with Crippen molar-refractivity contribution in [3.63, 3.8) is 0 Å². The molecule has 134 valence electrons. The van der Waals surface area contributed by atoms with Crippen LogP contribution in [0.1, 0.15) is 18.1 Å². The number of hydrogen-bond donors (Lipinski definition) is 0. The molecule has 5 nitrogen and oxygen atoms in total. The van der Waals surface area contributed by atoms with E-state index in [4.69, 9.17) is 21.1 Å². The van der Waals surface area contributed by atoms with E-state index in [9.17, 15) is 4.79 Å². The number of hydrogen-bond acceptors (Lipinski definition) is 5. The molecule has 1 aliphatic rings. The van der Waals surface area contributed by atoms with E-state index in [-0.39, 0.29) is 0 Å². The molecule has 26 heavy (non-hydrogen) atoms. The predicted molar refractivity (Wildman–Crippen MR) is 104 cm³/mol. The second-order valence-electron chi connectivity index (χ2n) is 5.56. The molecule has 3 rings (SSSR count). The molecule has 0 fully saturated rings. The number of rotatable bonds is 5. The van der Waals surface area contributed by atoms with Gasteiger partial charge >= 0.3 is 5.97 Å². The lowest BCUT2D eigenvalue weighted by Crippen LogP contribution is -2.02. The van der Waals surface area contributed by atoms with Crippen molar-refractivity contribution in [2.75, 3.05) is 7.11 Å². The molecule has 0 aromatic heterocycles. The monoisotopic (exact) mass is 435 g/mol. The van der Waals surface area contributed by atoms with Crippen LogP contribution >= 0.6 is 27.5 Å². The summed E-state index contributed by atoms with van der Waals surface area (Å²) in [7, 11) is 1.53. The van der Waals surface area contributed by atoms with Crippen LogP contribution in [0.4, 0.5) is 0 Å². The molecule has 2 aromatic rings. The van der Waals surface area contributed by atoms with Gasteiger partial charge in [0.25, 0.3) is 0 Å². The van der Waals surface area contributed by atoms with Gasteiger partial charge in [-0.15, -0.1) is 0 Å². The molecule has 0 N–H and O–H groups in total. The van der Waals surface area contributed by atoms with Crippen LogP contribution < -0.4 is 9.47 Å². The Kier molecular flexibility index (Phi) is 5.64. The average molecular weight is 437 g/mol. The van der Waals surface area contributed by atoms with Crippen molar-refractivity contribution in [1.82, 2.24) is 0 Å². The standard InChI is InChI=1S/C19H15BrClNO4/c1-11-15(19(23)26-22-11)7-13-8-16(21)18(17(9-13)24-2)25-10-12-3-5-14(20)6-4-12/h3-9H,10H2,1-2H3/b15-7+. The van der Waals surface area contributed by atoms with Crippen LogP contribution in [-0.2, 0) is 16.2 Å². The van der Waals surface area contributed by atoms with Gasteiger partial charge in [0.05, 0.1) is 23.4 Å². The smallest absolute Gasteiger partial charge is 0.367 e. The van der Waals surface area contributed by atoms with Crippen molar-refractivity contribution in [2.45, 2.75) is 13.5 Å². The molecular weight excluding hydrogens is 422 g/mol. The largest absolute Gasteiger partial charge is 0.493 e. The Morgan fingerprint density at radius 3 is 2.62 bits per heavy atom. The molecule has 0 aliphatic carbocycles. The number of carbonyl (C=O) groups is 1. The number of carbonyl (C=O) groups excluding carboxylic acids is 1. The van der Waals surface area contributed by atoms with E-state index in [2.05, 4.69) is 25.9 Å². The van der Waals surface area contributed by atoms with Gasteiger partial charge in [-0.25, -0.2) is 4.79 Å². The summed E-state index contributed by atoms with van der Waals surface area (Å²) >= 11 is 9.77. The Labute approximate surface area is 164 Å². The van der Waals surface area contributed by atoms with Gasteiger partial charge in [-0.2, -0.15) is 0 Å². The van der Waals surface area contributed by atoms with E-state index in [0.29, 0.717) is 40.0 Å². The average Bonchev–Trinajstić information content (AvgIpc) is 2.94. The first kappa shape index (κ1) is 18.5. The summed E-state index contributed by atoms with van der Waals surface area (Å²) in [6.07, 6.45) is 1.65. The van der Waals surface area contributed by atoms with E-state index in [1.165, 1.54) is 7.11 Å². The molecule has 0 unspecified atom stereocenters. The van der Waals surface area contributed by atoms with Crippen LogP contribution in [0.15, 0.2) is 51.6 Å². The van der Waals surface area contributed by atoms with Crippen molar-refractivity contribution < 1.29 is 19.1 Å². The fourth-order valence-electron chi connectivity index (χ4n) is 2.39. The number of nitrogens with zero attached hydrogens (tertiary/aromatic N) is 1. The lowest BCUT2D eigenvalue weighted by molar-refractivity contribution is -0.136. The summed E-state index contributed by atoms with van der Waals surface area (Å²) in [5.74, 6) is 0.425. The fourth-order valence-corrected chi connectivity index (χ4v) is 2.92. The summed E-state index contributed by atoms with van der Waals surface area (Å²) in [5, 5.41) is 4.04. The highest BCUT2D eigenvalue weighted by Crippen LogP contribution is 2.37. The predicted octanol–water partition coefficient (Wildman–Crippen LogP) is 5.01. The van der Waals surface area contributed by atoms with Gasteiger partial charge in [0.1, 0.15) is 6.61 Å². The van der Waals surface area contributed by atoms with Gasteiger partial charge in [-0.05, 0) is 48.4 Å². The summed E-state index contributed by atoms with van der Waals surface area (Å²) in [6.45, 7) is 2.05. The van der Waals surface area contributed by atoms with Gasteiger partial charge in [0.2, 0.25) is 0 Å². The molecule has 0 radical (unpaired) electrons. The first-order chi connectivity index (χ1) is 12.5. The van der Waals surface area contributed by atoms with E-state index in [1.807, 2.05) is 24.3 Å². The maximum absolute atomic E-state index is 11.7. The minimum atomic E-state index is -0.492. The zero-order valence-corrected chi connectivity index (χ0v) is 16.4. The first-order valence-electron chi connectivity index (χ1n) is 7.70. The van der Waals surface area contributed by atoms with Gasteiger partial charge in [0, 0.05) is 4.47 Å². The zero-order chi connectivity index (χ0) is 18.7. The Morgan fingerprint density at radius 1 is 1.27 bits per heavy atom. The fraction of sp³-hybridized carbons (Fsp3) is 0.158. The third-order valence-corrected chi connectivity index (χ3v) is 4.54. The summed E-state index contributed by atoms with van der Waals surface area (Å²) in [5.41, 5.74) is 2.58. The second-order valence-corrected chi connectivity index (χ2v) is 6.89. The lowest BCUT2D eigenvalue weighted by Gasteiger charge is -2.13. The quantitative estimate of drug-likeness (QED) is 0.488. The van der Waals surface area contributed by atoms with Gasteiger partial charge < -0.3 is 14.3 Å². The Balaban J connectivity index is 1.85. The van der Waals surface area contributed by atoms with Gasteiger partial charge in [-0.1, -0.05) is 44.8 Å². The van der Waals surface area contributed by atoms with Crippen molar-refractivity contribution in [2.24, 2.45) is 5.16 Å². The maximum Gasteiger partial charge on any atom is 0.367 e.